The number of hydrogen-bond acceptors (Lipinski definition) is 7. The van der Waals surface area contributed by atoms with Crippen molar-refractivity contribution in [3.05, 3.63) is 75.2 Å². The van der Waals surface area contributed by atoms with E-state index in [1.54, 1.807) is 34.9 Å². The Labute approximate surface area is 200 Å². The van der Waals surface area contributed by atoms with Gasteiger partial charge >= 0.3 is 0 Å². The third-order valence-electron chi connectivity index (χ3n) is 4.99. The van der Waals surface area contributed by atoms with Crippen LogP contribution in [0.15, 0.2) is 58.4 Å². The fraction of sp³-hybridized carbons (Fsp3) is 0.304. The third-order valence-corrected chi connectivity index (χ3v) is 7.78. The second kappa shape index (κ2) is 10.9. The molecule has 6 nitrogen and oxygen atoms in total. The molecule has 0 aliphatic heterocycles. The number of nitrogens with zero attached hydrogens (tertiary/aromatic N) is 5. The average Bonchev–Trinajstić information content (AvgIpc) is 3.54. The normalized spacial score (nSPS) is 11.1. The molecule has 0 radical (unpaired) electrons. The number of carbonyl (C=O) groups excluding carboxylic acids is 1. The summed E-state index contributed by atoms with van der Waals surface area (Å²) in [6.45, 7) is 4.98. The summed E-state index contributed by atoms with van der Waals surface area (Å²) in [6.07, 6.45) is 1.71. The maximum atomic E-state index is 11.8. The van der Waals surface area contributed by atoms with Gasteiger partial charge < -0.3 is 4.57 Å². The Bertz CT molecular complexity index is 1140. The number of thiophene rings is 1. The smallest absolute Gasteiger partial charge is 0.225 e. The number of carbonyl (C=O) groups is 1. The summed E-state index contributed by atoms with van der Waals surface area (Å²) in [5.74, 6) is 1.69. The minimum atomic E-state index is 0.0138. The molecule has 0 aliphatic carbocycles. The van der Waals surface area contributed by atoms with Crippen molar-refractivity contribution in [1.29, 1.82) is 0 Å². The number of hydrogen-bond donors (Lipinski definition) is 0. The Balaban J connectivity index is 1.49. The van der Waals surface area contributed by atoms with Crippen molar-refractivity contribution in [2.75, 3.05) is 11.4 Å². The molecule has 0 unspecified atom stereocenters. The number of anilines is 1. The first-order valence-electron chi connectivity index (χ1n) is 10.5. The van der Waals surface area contributed by atoms with Crippen molar-refractivity contribution in [3.8, 4) is 0 Å². The molecular weight excluding hydrogens is 458 g/mol. The van der Waals surface area contributed by atoms with Crippen LogP contribution >= 0.6 is 34.4 Å². The first-order valence-corrected chi connectivity index (χ1v) is 13.2. The lowest BCUT2D eigenvalue weighted by Gasteiger charge is -2.14. The highest BCUT2D eigenvalue weighted by Crippen LogP contribution is 2.27. The van der Waals surface area contributed by atoms with Gasteiger partial charge in [0.15, 0.2) is 10.3 Å². The summed E-state index contributed by atoms with van der Waals surface area (Å²) in [7, 11) is 0. The number of rotatable bonds is 10. The molecule has 32 heavy (non-hydrogen) atoms. The van der Waals surface area contributed by atoms with Gasteiger partial charge in [0.05, 0.1) is 5.69 Å². The number of benzene rings is 1. The van der Waals surface area contributed by atoms with Crippen molar-refractivity contribution >= 4 is 45.5 Å². The van der Waals surface area contributed by atoms with Gasteiger partial charge in [-0.1, -0.05) is 48.2 Å². The standard InChI is InChI=1S/C23H25N5OS3/c1-3-27(17(2)29)22-24-19(15-31-22)16-32-23-26-25-21(14-20-10-7-13-30-20)28(23)12-11-18-8-5-4-6-9-18/h4-10,13,15H,3,11-12,14,16H2,1-2H3. The van der Waals surface area contributed by atoms with E-state index < -0.39 is 0 Å². The van der Waals surface area contributed by atoms with Gasteiger partial charge in [0.2, 0.25) is 5.91 Å². The van der Waals surface area contributed by atoms with Gasteiger partial charge in [-0.05, 0) is 30.4 Å². The van der Waals surface area contributed by atoms with Gasteiger partial charge in [0.25, 0.3) is 0 Å². The van der Waals surface area contributed by atoms with Gasteiger partial charge in [-0.15, -0.1) is 32.9 Å². The number of amides is 1. The monoisotopic (exact) mass is 483 g/mol. The Morgan fingerprint density at radius 2 is 1.97 bits per heavy atom. The van der Waals surface area contributed by atoms with E-state index in [2.05, 4.69) is 61.5 Å². The summed E-state index contributed by atoms with van der Waals surface area (Å²) in [5.41, 5.74) is 2.25. The summed E-state index contributed by atoms with van der Waals surface area (Å²) in [4.78, 5) is 19.4. The lowest BCUT2D eigenvalue weighted by atomic mass is 10.1. The highest BCUT2D eigenvalue weighted by Gasteiger charge is 2.16. The molecule has 0 atom stereocenters. The van der Waals surface area contributed by atoms with Crippen molar-refractivity contribution in [1.82, 2.24) is 19.7 Å². The first kappa shape index (κ1) is 22.7. The van der Waals surface area contributed by atoms with Crippen LogP contribution in [0, 0.1) is 0 Å². The predicted octanol–water partition coefficient (Wildman–Crippen LogP) is 5.29. The molecule has 0 saturated heterocycles. The van der Waals surface area contributed by atoms with E-state index in [4.69, 9.17) is 0 Å². The maximum Gasteiger partial charge on any atom is 0.225 e. The second-order valence-corrected chi connectivity index (χ2v) is 10.0. The zero-order valence-electron chi connectivity index (χ0n) is 18.1. The van der Waals surface area contributed by atoms with Crippen molar-refractivity contribution in [2.45, 2.75) is 44.1 Å². The first-order chi connectivity index (χ1) is 15.6. The average molecular weight is 484 g/mol. The largest absolute Gasteiger partial charge is 0.305 e. The molecule has 1 amide bonds. The highest BCUT2D eigenvalue weighted by atomic mass is 32.2. The fourth-order valence-electron chi connectivity index (χ4n) is 3.35. The molecule has 166 valence electrons. The van der Waals surface area contributed by atoms with Crippen LogP contribution in [-0.4, -0.2) is 32.2 Å². The lowest BCUT2D eigenvalue weighted by molar-refractivity contribution is -0.116. The molecule has 0 bridgehead atoms. The van der Waals surface area contributed by atoms with Gasteiger partial charge in [0.1, 0.15) is 5.82 Å². The molecule has 0 N–H and O–H groups in total. The SMILES string of the molecule is CCN(C(C)=O)c1nc(CSc2nnc(Cc3cccs3)n2CCc2ccccc2)cs1. The molecule has 4 rings (SSSR count). The van der Waals surface area contributed by atoms with Crippen LogP contribution in [0.3, 0.4) is 0 Å². The molecule has 0 aliphatic rings. The van der Waals surface area contributed by atoms with Crippen molar-refractivity contribution < 1.29 is 4.79 Å². The summed E-state index contributed by atoms with van der Waals surface area (Å²) in [5, 5.41) is 14.8. The second-order valence-electron chi connectivity index (χ2n) is 7.22. The summed E-state index contributed by atoms with van der Waals surface area (Å²) >= 11 is 4.89. The van der Waals surface area contributed by atoms with Gasteiger partial charge in [0, 0.05) is 42.4 Å². The lowest BCUT2D eigenvalue weighted by Crippen LogP contribution is -2.27. The van der Waals surface area contributed by atoms with Gasteiger partial charge in [-0.2, -0.15) is 0 Å². The van der Waals surface area contributed by atoms with E-state index in [1.807, 2.05) is 18.4 Å². The van der Waals surface area contributed by atoms with Crippen LogP contribution in [0.5, 0.6) is 0 Å². The molecule has 3 heterocycles. The quantitative estimate of drug-likeness (QED) is 0.287. The number of thioether (sulfide) groups is 1. The van der Waals surface area contributed by atoms with E-state index in [1.165, 1.54) is 21.8 Å². The van der Waals surface area contributed by atoms with Crippen LogP contribution in [0.1, 0.15) is 35.8 Å². The minimum Gasteiger partial charge on any atom is -0.305 e. The third kappa shape index (κ3) is 5.65. The molecule has 9 heteroatoms. The Morgan fingerprint density at radius 1 is 1.12 bits per heavy atom. The van der Waals surface area contributed by atoms with Crippen molar-refractivity contribution in [2.24, 2.45) is 0 Å². The molecule has 0 fully saturated rings. The van der Waals surface area contributed by atoms with Gasteiger partial charge in [-0.3, -0.25) is 9.69 Å². The molecule has 0 saturated carbocycles. The van der Waals surface area contributed by atoms with Crippen LogP contribution < -0.4 is 4.90 Å². The van der Waals surface area contributed by atoms with Crippen LogP contribution in [0.25, 0.3) is 0 Å². The molecule has 3 aromatic heterocycles. The van der Waals surface area contributed by atoms with E-state index >= 15 is 0 Å². The van der Waals surface area contributed by atoms with E-state index in [9.17, 15) is 4.79 Å². The minimum absolute atomic E-state index is 0.0138. The Hall–Kier alpha value is -2.49. The fourth-order valence-corrected chi connectivity index (χ4v) is 5.97. The van der Waals surface area contributed by atoms with E-state index in [0.717, 1.165) is 41.2 Å². The highest BCUT2D eigenvalue weighted by molar-refractivity contribution is 7.98. The van der Waals surface area contributed by atoms with Crippen LogP contribution in [-0.2, 0) is 29.9 Å². The molecular formula is C23H25N5OS3. The Morgan fingerprint density at radius 3 is 2.69 bits per heavy atom. The molecule has 1 aromatic carbocycles. The van der Waals surface area contributed by atoms with Crippen LogP contribution in [0.2, 0.25) is 0 Å². The van der Waals surface area contributed by atoms with Gasteiger partial charge in [-0.25, -0.2) is 4.98 Å². The molecule has 4 aromatic rings. The maximum absolute atomic E-state index is 11.8. The summed E-state index contributed by atoms with van der Waals surface area (Å²) in [6, 6.07) is 14.7. The van der Waals surface area contributed by atoms with E-state index in [0.29, 0.717) is 12.3 Å². The van der Waals surface area contributed by atoms with E-state index in [-0.39, 0.29) is 5.91 Å². The van der Waals surface area contributed by atoms with Crippen molar-refractivity contribution in [3.63, 3.8) is 0 Å². The topological polar surface area (TPSA) is 63.9 Å². The molecule has 0 spiro atoms. The zero-order chi connectivity index (χ0) is 22.3. The predicted molar refractivity (Wildman–Crippen MR) is 133 cm³/mol. The number of aryl methyl sites for hydroxylation is 1. The van der Waals surface area contributed by atoms with Crippen LogP contribution in [0.4, 0.5) is 5.13 Å². The number of thiazole rings is 1. The zero-order valence-corrected chi connectivity index (χ0v) is 20.6. The Kier molecular flexibility index (Phi) is 7.72. The summed E-state index contributed by atoms with van der Waals surface area (Å²) < 4.78 is 2.23. The number of aromatic nitrogens is 4.